The number of hydrogen-bond acceptors (Lipinski definition) is 9. The molecule has 1 atom stereocenters. The Morgan fingerprint density at radius 2 is 1.67 bits per heavy atom. The number of aromatic nitrogens is 3. The Labute approximate surface area is 248 Å². The highest BCUT2D eigenvalue weighted by Gasteiger charge is 2.48. The van der Waals surface area contributed by atoms with Crippen LogP contribution >= 0.6 is 23.1 Å². The van der Waals surface area contributed by atoms with Crippen LogP contribution in [0.1, 0.15) is 22.7 Å². The summed E-state index contributed by atoms with van der Waals surface area (Å²) >= 11 is 2.52. The molecule has 8 nitrogen and oxygen atoms in total. The average Bonchev–Trinajstić information content (AvgIpc) is 3.59. The van der Waals surface area contributed by atoms with E-state index in [1.165, 1.54) is 41.2 Å². The Morgan fingerprint density at radius 3 is 2.43 bits per heavy atom. The summed E-state index contributed by atoms with van der Waals surface area (Å²) in [5, 5.41) is 20.0. The zero-order chi connectivity index (χ0) is 29.1. The second-order valence-corrected chi connectivity index (χ2v) is 11.3. The summed E-state index contributed by atoms with van der Waals surface area (Å²) in [4.78, 5) is 32.2. The number of aliphatic hydroxyl groups excluding tert-OH is 1. The molecule has 1 saturated heterocycles. The topological polar surface area (TPSA) is 106 Å². The maximum absolute atomic E-state index is 13.5. The third-order valence-corrected chi connectivity index (χ3v) is 8.56. The van der Waals surface area contributed by atoms with Gasteiger partial charge in [-0.1, -0.05) is 65.6 Å². The van der Waals surface area contributed by atoms with Gasteiger partial charge in [0.1, 0.15) is 23.1 Å². The monoisotopic (exact) mass is 596 g/mol. The van der Waals surface area contributed by atoms with E-state index in [0.717, 1.165) is 16.9 Å². The van der Waals surface area contributed by atoms with Gasteiger partial charge in [-0.2, -0.15) is 0 Å². The van der Waals surface area contributed by atoms with Crippen molar-refractivity contribution in [3.8, 4) is 11.5 Å². The Bertz CT molecular complexity index is 1780. The fourth-order valence-electron chi connectivity index (χ4n) is 4.47. The number of para-hydroxylation sites is 1. The lowest BCUT2D eigenvalue weighted by molar-refractivity contribution is -0.132. The first-order valence-electron chi connectivity index (χ1n) is 12.7. The van der Waals surface area contributed by atoms with Crippen molar-refractivity contribution in [2.75, 3.05) is 4.90 Å². The number of benzene rings is 3. The first kappa shape index (κ1) is 27.3. The summed E-state index contributed by atoms with van der Waals surface area (Å²) in [6.07, 6.45) is 2.98. The highest BCUT2D eigenvalue weighted by Crippen LogP contribution is 2.44. The number of carbonyl (C=O) groups excluding carboxylic acids is 2. The molecule has 0 aliphatic carbocycles. The quantitative estimate of drug-likeness (QED) is 0.0687. The van der Waals surface area contributed by atoms with Gasteiger partial charge in [0, 0.05) is 23.7 Å². The minimum atomic E-state index is -1.000. The molecule has 3 aromatic carbocycles. The van der Waals surface area contributed by atoms with Gasteiger partial charge in [0.25, 0.3) is 5.78 Å². The van der Waals surface area contributed by atoms with Gasteiger partial charge in [0.05, 0.1) is 11.6 Å². The fraction of sp³-hybridized carbons (Fsp3) is 0.0645. The Balaban J connectivity index is 1.38. The molecule has 0 spiro atoms. The number of carbonyl (C=O) groups is 2. The van der Waals surface area contributed by atoms with Gasteiger partial charge in [-0.3, -0.25) is 19.5 Å². The van der Waals surface area contributed by atoms with Crippen molar-refractivity contribution >= 4 is 45.7 Å². The van der Waals surface area contributed by atoms with Gasteiger partial charge >= 0.3 is 5.91 Å². The molecule has 1 aliphatic rings. The molecule has 11 heteroatoms. The number of ketones is 1. The molecule has 0 bridgehead atoms. The minimum Gasteiger partial charge on any atom is -0.507 e. The van der Waals surface area contributed by atoms with Crippen molar-refractivity contribution in [3.05, 3.63) is 131 Å². The summed E-state index contributed by atoms with van der Waals surface area (Å²) in [5.41, 5.74) is 1.69. The summed E-state index contributed by atoms with van der Waals surface area (Å²) in [6.45, 7) is 0. The predicted molar refractivity (Wildman–Crippen MR) is 158 cm³/mol. The first-order chi connectivity index (χ1) is 20.5. The van der Waals surface area contributed by atoms with Crippen LogP contribution in [0.25, 0.3) is 5.76 Å². The van der Waals surface area contributed by atoms with Crippen molar-refractivity contribution < 1.29 is 23.8 Å². The van der Waals surface area contributed by atoms with Crippen LogP contribution in [0.5, 0.6) is 11.5 Å². The highest BCUT2D eigenvalue weighted by molar-refractivity contribution is 8.00. The number of pyridine rings is 1. The van der Waals surface area contributed by atoms with Gasteiger partial charge in [0.2, 0.25) is 5.13 Å². The number of hydrogen-bond donors (Lipinski definition) is 1. The molecule has 1 aliphatic heterocycles. The minimum absolute atomic E-state index is 0.0845. The average molecular weight is 597 g/mol. The standard InChI is InChI=1S/C31H21FN4O4S2/c32-22-11-9-19(10-12-22)18-41-31-35-34-30(42-31)36-26(21-5-4-8-24(17-21)40-23-6-2-1-3-7-23)25(28(38)29(36)39)27(37)20-13-15-33-16-14-20/h1-17,26,37H,18H2/b27-25+. The molecule has 5 aromatic rings. The number of nitrogens with zero attached hydrogens (tertiary/aromatic N) is 4. The SMILES string of the molecule is O=C1C(=O)N(c2nnc(SCc3ccc(F)cc3)s2)C(c2cccc(Oc3ccccc3)c2)/C1=C(\O)c1ccncc1. The summed E-state index contributed by atoms with van der Waals surface area (Å²) in [7, 11) is 0. The van der Waals surface area contributed by atoms with Crippen LogP contribution in [0.2, 0.25) is 0 Å². The normalized spacial score (nSPS) is 16.1. The highest BCUT2D eigenvalue weighted by atomic mass is 32.2. The van der Waals surface area contributed by atoms with E-state index in [0.29, 0.717) is 32.7 Å². The molecular formula is C31H21FN4O4S2. The number of aliphatic hydroxyl groups is 1. The van der Waals surface area contributed by atoms with E-state index in [4.69, 9.17) is 4.74 Å². The van der Waals surface area contributed by atoms with Gasteiger partial charge in [0.15, 0.2) is 4.34 Å². The lowest BCUT2D eigenvalue weighted by Crippen LogP contribution is -2.29. The molecule has 42 heavy (non-hydrogen) atoms. The number of thioether (sulfide) groups is 1. The second-order valence-electron chi connectivity index (χ2n) is 9.16. The number of rotatable bonds is 8. The molecule has 0 radical (unpaired) electrons. The van der Waals surface area contributed by atoms with E-state index in [2.05, 4.69) is 15.2 Å². The van der Waals surface area contributed by atoms with E-state index in [-0.39, 0.29) is 22.3 Å². The molecule has 1 unspecified atom stereocenters. The van der Waals surface area contributed by atoms with Crippen LogP contribution in [0.15, 0.2) is 113 Å². The van der Waals surface area contributed by atoms with Crippen LogP contribution < -0.4 is 9.64 Å². The maximum Gasteiger partial charge on any atom is 0.301 e. The molecule has 2 aromatic heterocycles. The Morgan fingerprint density at radius 1 is 0.929 bits per heavy atom. The van der Waals surface area contributed by atoms with Crippen molar-refractivity contribution in [2.24, 2.45) is 0 Å². The largest absolute Gasteiger partial charge is 0.507 e. The first-order valence-corrected chi connectivity index (χ1v) is 14.5. The zero-order valence-corrected chi connectivity index (χ0v) is 23.4. The van der Waals surface area contributed by atoms with Gasteiger partial charge in [-0.15, -0.1) is 10.2 Å². The van der Waals surface area contributed by atoms with E-state index in [1.54, 1.807) is 48.5 Å². The number of amides is 1. The van der Waals surface area contributed by atoms with Crippen molar-refractivity contribution in [1.82, 2.24) is 15.2 Å². The van der Waals surface area contributed by atoms with Gasteiger partial charge in [-0.25, -0.2) is 4.39 Å². The summed E-state index contributed by atoms with van der Waals surface area (Å²) in [5.74, 6) is -0.711. The van der Waals surface area contributed by atoms with Gasteiger partial charge < -0.3 is 9.84 Å². The molecule has 208 valence electrons. The van der Waals surface area contributed by atoms with Crippen molar-refractivity contribution in [3.63, 3.8) is 0 Å². The van der Waals surface area contributed by atoms with E-state index in [1.807, 2.05) is 30.3 Å². The van der Waals surface area contributed by atoms with Crippen LogP contribution in [-0.4, -0.2) is 32.0 Å². The Kier molecular flexibility index (Phi) is 7.76. The molecule has 1 N–H and O–H groups in total. The second kappa shape index (κ2) is 11.9. The predicted octanol–water partition coefficient (Wildman–Crippen LogP) is 6.78. The Hall–Kier alpha value is -4.87. The van der Waals surface area contributed by atoms with Crippen molar-refractivity contribution in [1.29, 1.82) is 0 Å². The fourth-order valence-corrected chi connectivity index (χ4v) is 6.29. The molecule has 0 saturated carbocycles. The lowest BCUT2D eigenvalue weighted by Gasteiger charge is -2.23. The molecule has 1 fully saturated rings. The number of ether oxygens (including phenoxy) is 1. The van der Waals surface area contributed by atoms with Crippen LogP contribution in [0, 0.1) is 5.82 Å². The third-order valence-electron chi connectivity index (χ3n) is 6.43. The summed E-state index contributed by atoms with van der Waals surface area (Å²) < 4.78 is 19.8. The number of halogens is 1. The van der Waals surface area contributed by atoms with Gasteiger partial charge in [-0.05, 0) is 59.7 Å². The smallest absolute Gasteiger partial charge is 0.301 e. The molecule has 6 rings (SSSR count). The molecular weight excluding hydrogens is 575 g/mol. The third kappa shape index (κ3) is 5.65. The lowest BCUT2D eigenvalue weighted by atomic mass is 9.95. The summed E-state index contributed by atoms with van der Waals surface area (Å²) in [6, 6.07) is 24.5. The van der Waals surface area contributed by atoms with Crippen molar-refractivity contribution in [2.45, 2.75) is 16.1 Å². The van der Waals surface area contributed by atoms with E-state index >= 15 is 0 Å². The van der Waals surface area contributed by atoms with E-state index < -0.39 is 17.7 Å². The number of anilines is 1. The molecule has 3 heterocycles. The van der Waals surface area contributed by atoms with Crippen LogP contribution in [0.4, 0.5) is 9.52 Å². The van der Waals surface area contributed by atoms with E-state index in [9.17, 15) is 19.1 Å². The molecule has 1 amide bonds. The van der Waals surface area contributed by atoms with Crippen LogP contribution in [0.3, 0.4) is 0 Å². The van der Waals surface area contributed by atoms with Crippen LogP contribution in [-0.2, 0) is 15.3 Å². The zero-order valence-electron chi connectivity index (χ0n) is 21.8. The number of Topliss-reactive ketones (excluding diaryl/α,β-unsaturated/α-hetero) is 1. The maximum atomic E-state index is 13.5.